The highest BCUT2D eigenvalue weighted by atomic mass is 32.2. The van der Waals surface area contributed by atoms with E-state index in [1.807, 2.05) is 54.8 Å². The lowest BCUT2D eigenvalue weighted by molar-refractivity contribution is -0.136. The first-order valence-electron chi connectivity index (χ1n) is 11.5. The highest BCUT2D eigenvalue weighted by Crippen LogP contribution is 2.43. The predicted molar refractivity (Wildman–Crippen MR) is 140 cm³/mol. The first kappa shape index (κ1) is 25.2. The Bertz CT molecular complexity index is 1330. The van der Waals surface area contributed by atoms with Gasteiger partial charge in [0.2, 0.25) is 5.88 Å². The van der Waals surface area contributed by atoms with Gasteiger partial charge in [0, 0.05) is 16.5 Å². The molecule has 1 aliphatic rings. The molecule has 0 saturated carbocycles. The lowest BCUT2D eigenvalue weighted by atomic mass is 9.83. The standard InChI is InChI=1S/C29H28N2O4S/c1-29(2,3)19-7-9-20(10-8-19)33-17-26(32)34-21-11-14-23-25(15-21)35-28(31)24(16-30)27(23)18-5-12-22(36-4)13-6-18/h5-15,27H,17,31H2,1-4H3. The van der Waals surface area contributed by atoms with Gasteiger partial charge in [0.1, 0.15) is 28.9 Å². The molecule has 3 aromatic carbocycles. The van der Waals surface area contributed by atoms with Crippen molar-refractivity contribution in [3.05, 3.63) is 94.9 Å². The maximum absolute atomic E-state index is 12.4. The van der Waals surface area contributed by atoms with Gasteiger partial charge in [0.25, 0.3) is 0 Å². The predicted octanol–water partition coefficient (Wildman–Crippen LogP) is 5.91. The van der Waals surface area contributed by atoms with Gasteiger partial charge in [-0.25, -0.2) is 4.79 Å². The highest BCUT2D eigenvalue weighted by Gasteiger charge is 2.31. The van der Waals surface area contributed by atoms with Crippen LogP contribution in [0.15, 0.2) is 83.1 Å². The average molecular weight is 501 g/mol. The quantitative estimate of drug-likeness (QED) is 0.255. The minimum atomic E-state index is -0.545. The van der Waals surface area contributed by atoms with Crippen LogP contribution < -0.4 is 19.9 Å². The number of allylic oxidation sites excluding steroid dienone is 1. The fourth-order valence-electron chi connectivity index (χ4n) is 3.99. The molecule has 0 radical (unpaired) electrons. The third kappa shape index (κ3) is 5.50. The Balaban J connectivity index is 1.48. The van der Waals surface area contributed by atoms with Gasteiger partial charge in [-0.05, 0) is 53.1 Å². The Hall–Kier alpha value is -3.89. The second-order valence-corrected chi connectivity index (χ2v) is 10.3. The van der Waals surface area contributed by atoms with Gasteiger partial charge in [-0.2, -0.15) is 5.26 Å². The van der Waals surface area contributed by atoms with E-state index in [4.69, 9.17) is 19.9 Å². The number of nitriles is 1. The van der Waals surface area contributed by atoms with Crippen molar-refractivity contribution in [2.45, 2.75) is 37.0 Å². The number of benzene rings is 3. The van der Waals surface area contributed by atoms with Crippen LogP contribution in [0, 0.1) is 11.3 Å². The van der Waals surface area contributed by atoms with E-state index in [2.05, 4.69) is 26.8 Å². The number of carbonyl (C=O) groups excluding carboxylic acids is 1. The summed E-state index contributed by atoms with van der Waals surface area (Å²) in [6.45, 7) is 6.17. The largest absolute Gasteiger partial charge is 0.482 e. The van der Waals surface area contributed by atoms with Crippen molar-refractivity contribution in [2.24, 2.45) is 5.73 Å². The van der Waals surface area contributed by atoms with E-state index in [1.165, 1.54) is 5.56 Å². The number of carbonyl (C=O) groups is 1. The van der Waals surface area contributed by atoms with Crippen molar-refractivity contribution >= 4 is 17.7 Å². The van der Waals surface area contributed by atoms with Crippen molar-refractivity contribution in [1.82, 2.24) is 0 Å². The van der Waals surface area contributed by atoms with Crippen molar-refractivity contribution < 1.29 is 19.0 Å². The first-order chi connectivity index (χ1) is 17.2. The van der Waals surface area contributed by atoms with Crippen molar-refractivity contribution in [3.8, 4) is 23.3 Å². The number of ether oxygens (including phenoxy) is 3. The fourth-order valence-corrected chi connectivity index (χ4v) is 4.40. The summed E-state index contributed by atoms with van der Waals surface area (Å²) >= 11 is 1.64. The topological polar surface area (TPSA) is 94.6 Å². The Morgan fingerprint density at radius 2 is 1.72 bits per heavy atom. The molecular formula is C29H28N2O4S. The monoisotopic (exact) mass is 500 g/mol. The molecule has 36 heavy (non-hydrogen) atoms. The molecule has 0 amide bonds. The molecule has 0 aromatic heterocycles. The smallest absolute Gasteiger partial charge is 0.349 e. The summed E-state index contributed by atoms with van der Waals surface area (Å²) in [7, 11) is 0. The molecule has 1 unspecified atom stereocenters. The molecule has 0 spiro atoms. The summed E-state index contributed by atoms with van der Waals surface area (Å²) in [5, 5.41) is 9.75. The Kier molecular flexibility index (Phi) is 7.27. The second kappa shape index (κ2) is 10.4. The second-order valence-electron chi connectivity index (χ2n) is 9.43. The van der Waals surface area contributed by atoms with E-state index in [0.717, 1.165) is 16.0 Å². The zero-order chi connectivity index (χ0) is 25.9. The Labute approximate surface area is 215 Å². The molecular weight excluding hydrogens is 472 g/mol. The van der Waals surface area contributed by atoms with Crippen molar-refractivity contribution in [2.75, 3.05) is 12.9 Å². The van der Waals surface area contributed by atoms with Crippen LogP contribution in [0.4, 0.5) is 0 Å². The molecule has 0 saturated heterocycles. The summed E-state index contributed by atoms with van der Waals surface area (Å²) in [6.07, 6.45) is 2.01. The van der Waals surface area contributed by atoms with Crippen LogP contribution in [0.5, 0.6) is 17.2 Å². The van der Waals surface area contributed by atoms with Gasteiger partial charge >= 0.3 is 5.97 Å². The van der Waals surface area contributed by atoms with Gasteiger partial charge in [-0.15, -0.1) is 11.8 Å². The summed E-state index contributed by atoms with van der Waals surface area (Å²) < 4.78 is 16.8. The molecule has 4 rings (SSSR count). The molecule has 1 heterocycles. The normalized spacial score (nSPS) is 14.9. The van der Waals surface area contributed by atoms with Gasteiger partial charge in [-0.1, -0.05) is 51.1 Å². The van der Waals surface area contributed by atoms with E-state index in [9.17, 15) is 10.1 Å². The van der Waals surface area contributed by atoms with Crippen LogP contribution in [-0.2, 0) is 10.2 Å². The number of nitrogens with zero attached hydrogens (tertiary/aromatic N) is 1. The number of thioether (sulfide) groups is 1. The van der Waals surface area contributed by atoms with Crippen LogP contribution in [0.2, 0.25) is 0 Å². The molecule has 0 aliphatic carbocycles. The Morgan fingerprint density at radius 1 is 1.06 bits per heavy atom. The molecule has 1 atom stereocenters. The number of hydrogen-bond acceptors (Lipinski definition) is 7. The lowest BCUT2D eigenvalue weighted by Gasteiger charge is -2.26. The minimum Gasteiger partial charge on any atom is -0.482 e. The Morgan fingerprint density at radius 3 is 2.33 bits per heavy atom. The molecule has 0 bridgehead atoms. The summed E-state index contributed by atoms with van der Waals surface area (Å²) in [5.41, 5.74) is 9.35. The summed E-state index contributed by atoms with van der Waals surface area (Å²) in [4.78, 5) is 13.5. The number of nitrogens with two attached hydrogens (primary N) is 1. The first-order valence-corrected chi connectivity index (χ1v) is 12.7. The van der Waals surface area contributed by atoms with E-state index in [-0.39, 0.29) is 23.8 Å². The SMILES string of the molecule is CSc1ccc(C2C(C#N)=C(N)Oc3cc(OC(=O)COc4ccc(C(C)(C)C)cc4)ccc32)cc1. The number of hydrogen-bond donors (Lipinski definition) is 1. The summed E-state index contributed by atoms with van der Waals surface area (Å²) in [6, 6.07) is 22.9. The van der Waals surface area contributed by atoms with E-state index < -0.39 is 5.97 Å². The number of esters is 1. The zero-order valence-corrected chi connectivity index (χ0v) is 21.5. The van der Waals surface area contributed by atoms with Gasteiger partial charge < -0.3 is 19.9 Å². The molecule has 1 aliphatic heterocycles. The minimum absolute atomic E-state index is 0.0365. The van der Waals surface area contributed by atoms with Gasteiger partial charge in [0.15, 0.2) is 6.61 Å². The average Bonchev–Trinajstić information content (AvgIpc) is 2.86. The van der Waals surface area contributed by atoms with Crippen molar-refractivity contribution in [3.63, 3.8) is 0 Å². The molecule has 0 fully saturated rings. The molecule has 184 valence electrons. The molecule has 6 nitrogen and oxygen atoms in total. The van der Waals surface area contributed by atoms with Crippen molar-refractivity contribution in [1.29, 1.82) is 5.26 Å². The third-order valence-corrected chi connectivity index (χ3v) is 6.69. The van der Waals surface area contributed by atoms with E-state index in [0.29, 0.717) is 22.8 Å². The van der Waals surface area contributed by atoms with Crippen LogP contribution >= 0.6 is 11.8 Å². The maximum atomic E-state index is 12.4. The van der Waals surface area contributed by atoms with Gasteiger partial charge in [-0.3, -0.25) is 0 Å². The van der Waals surface area contributed by atoms with Crippen LogP contribution in [0.1, 0.15) is 43.4 Å². The lowest BCUT2D eigenvalue weighted by Crippen LogP contribution is -2.21. The van der Waals surface area contributed by atoms with Gasteiger partial charge in [0.05, 0.1) is 5.92 Å². The van der Waals surface area contributed by atoms with E-state index >= 15 is 0 Å². The zero-order valence-electron chi connectivity index (χ0n) is 20.7. The van der Waals surface area contributed by atoms with Crippen LogP contribution in [0.25, 0.3) is 0 Å². The van der Waals surface area contributed by atoms with Crippen LogP contribution in [0.3, 0.4) is 0 Å². The molecule has 7 heteroatoms. The fraction of sp³-hybridized carbons (Fsp3) is 0.241. The highest BCUT2D eigenvalue weighted by molar-refractivity contribution is 7.98. The third-order valence-electron chi connectivity index (χ3n) is 5.95. The number of rotatable bonds is 6. The van der Waals surface area contributed by atoms with E-state index in [1.54, 1.807) is 30.0 Å². The maximum Gasteiger partial charge on any atom is 0.349 e. The molecule has 3 aromatic rings. The number of fused-ring (bicyclic) bond motifs is 1. The van der Waals surface area contributed by atoms with Crippen LogP contribution in [-0.4, -0.2) is 18.8 Å². The summed E-state index contributed by atoms with van der Waals surface area (Å²) in [5.74, 6) is 0.444. The molecule has 2 N–H and O–H groups in total.